The zero-order valence-corrected chi connectivity index (χ0v) is 10.4. The first-order valence-electron chi connectivity index (χ1n) is 5.16. The van der Waals surface area contributed by atoms with Crippen molar-refractivity contribution in [1.82, 2.24) is 0 Å². The van der Waals surface area contributed by atoms with E-state index in [0.717, 1.165) is 5.39 Å². The zero-order valence-electron chi connectivity index (χ0n) is 9.61. The van der Waals surface area contributed by atoms with Gasteiger partial charge in [0.15, 0.2) is 0 Å². The van der Waals surface area contributed by atoms with E-state index in [1.807, 2.05) is 50.4 Å². The van der Waals surface area contributed by atoms with Crippen molar-refractivity contribution in [2.24, 2.45) is 0 Å². The molecule has 0 bridgehead atoms. The highest BCUT2D eigenvalue weighted by Crippen LogP contribution is 2.22. The first-order valence-corrected chi connectivity index (χ1v) is 6.04. The van der Waals surface area contributed by atoms with Crippen LogP contribution in [0.5, 0.6) is 0 Å². The topological polar surface area (TPSA) is 26.3 Å². The molecule has 0 spiro atoms. The van der Waals surface area contributed by atoms with Crippen molar-refractivity contribution in [2.45, 2.75) is 26.4 Å². The van der Waals surface area contributed by atoms with Gasteiger partial charge in [-0.3, -0.25) is 0 Å². The fraction of sp³-hybridized carbons (Fsp3) is 0.308. The fourth-order valence-corrected chi connectivity index (χ4v) is 2.20. The van der Waals surface area contributed by atoms with Crippen LogP contribution in [0.25, 0.3) is 10.1 Å². The molecule has 0 fully saturated rings. The molecule has 1 aromatic carbocycles. The molecule has 16 heavy (non-hydrogen) atoms. The SMILES string of the molecule is CC(C)(C)OC(=O)c1ccc2sccc2c1. The molecule has 0 saturated heterocycles. The van der Waals surface area contributed by atoms with E-state index in [1.54, 1.807) is 11.3 Å². The predicted molar refractivity (Wildman–Crippen MR) is 67.0 cm³/mol. The molecule has 0 unspecified atom stereocenters. The molecule has 84 valence electrons. The van der Waals surface area contributed by atoms with Crippen LogP contribution in [-0.2, 0) is 4.74 Å². The Morgan fingerprint density at radius 1 is 1.25 bits per heavy atom. The van der Waals surface area contributed by atoms with E-state index >= 15 is 0 Å². The van der Waals surface area contributed by atoms with Crippen molar-refractivity contribution in [3.8, 4) is 0 Å². The molecule has 0 aliphatic rings. The molecule has 0 radical (unpaired) electrons. The van der Waals surface area contributed by atoms with Crippen LogP contribution in [0, 0.1) is 0 Å². The van der Waals surface area contributed by atoms with E-state index in [9.17, 15) is 4.79 Å². The molecule has 0 aliphatic carbocycles. The number of carbonyl (C=O) groups excluding carboxylic acids is 1. The molecular formula is C13H14O2S. The quantitative estimate of drug-likeness (QED) is 0.700. The molecule has 0 N–H and O–H groups in total. The van der Waals surface area contributed by atoms with E-state index < -0.39 is 5.60 Å². The van der Waals surface area contributed by atoms with E-state index in [1.165, 1.54) is 4.70 Å². The Labute approximate surface area is 98.9 Å². The minimum absolute atomic E-state index is 0.263. The van der Waals surface area contributed by atoms with Gasteiger partial charge in [0.2, 0.25) is 0 Å². The molecule has 2 rings (SSSR count). The summed E-state index contributed by atoms with van der Waals surface area (Å²) in [4.78, 5) is 11.8. The van der Waals surface area contributed by atoms with Crippen LogP contribution in [0.15, 0.2) is 29.6 Å². The Balaban J connectivity index is 2.29. The van der Waals surface area contributed by atoms with Gasteiger partial charge in [0.1, 0.15) is 5.60 Å². The Kier molecular flexibility index (Phi) is 2.72. The number of thiophene rings is 1. The maximum Gasteiger partial charge on any atom is 0.338 e. The summed E-state index contributed by atoms with van der Waals surface area (Å²) in [6.07, 6.45) is 0. The fourth-order valence-electron chi connectivity index (χ4n) is 1.43. The predicted octanol–water partition coefficient (Wildman–Crippen LogP) is 3.86. The Hall–Kier alpha value is -1.35. The summed E-state index contributed by atoms with van der Waals surface area (Å²) in [5.41, 5.74) is 0.168. The third-order valence-corrected chi connectivity index (χ3v) is 2.98. The van der Waals surface area contributed by atoms with Crippen molar-refractivity contribution in [1.29, 1.82) is 0 Å². The second-order valence-corrected chi connectivity index (χ2v) is 5.62. The molecule has 3 heteroatoms. The summed E-state index contributed by atoms with van der Waals surface area (Å²) in [6.45, 7) is 5.61. The van der Waals surface area contributed by atoms with E-state index in [-0.39, 0.29) is 5.97 Å². The lowest BCUT2D eigenvalue weighted by Gasteiger charge is -2.19. The largest absolute Gasteiger partial charge is 0.456 e. The lowest BCUT2D eigenvalue weighted by atomic mass is 10.1. The average Bonchev–Trinajstić information content (AvgIpc) is 2.61. The number of hydrogen-bond donors (Lipinski definition) is 0. The van der Waals surface area contributed by atoms with E-state index in [0.29, 0.717) is 5.56 Å². The van der Waals surface area contributed by atoms with Gasteiger partial charge in [-0.2, -0.15) is 0 Å². The standard InChI is InChI=1S/C13H14O2S/c1-13(2,3)15-12(14)10-4-5-11-9(8-10)6-7-16-11/h4-8H,1-3H3. The summed E-state index contributed by atoms with van der Waals surface area (Å²) in [5, 5.41) is 3.11. The summed E-state index contributed by atoms with van der Waals surface area (Å²) in [6, 6.07) is 7.65. The Bertz CT molecular complexity index is 520. The number of hydrogen-bond acceptors (Lipinski definition) is 3. The molecule has 2 aromatic rings. The van der Waals surface area contributed by atoms with Gasteiger partial charge in [-0.25, -0.2) is 4.79 Å². The monoisotopic (exact) mass is 234 g/mol. The first-order chi connectivity index (χ1) is 7.46. The van der Waals surface area contributed by atoms with Crippen LogP contribution in [0.4, 0.5) is 0 Å². The van der Waals surface area contributed by atoms with Crippen LogP contribution in [0.1, 0.15) is 31.1 Å². The Morgan fingerprint density at radius 3 is 2.69 bits per heavy atom. The smallest absolute Gasteiger partial charge is 0.338 e. The van der Waals surface area contributed by atoms with Crippen molar-refractivity contribution in [3.63, 3.8) is 0 Å². The highest BCUT2D eigenvalue weighted by Gasteiger charge is 2.17. The summed E-state index contributed by atoms with van der Waals surface area (Å²) < 4.78 is 6.50. The van der Waals surface area contributed by atoms with Gasteiger partial charge < -0.3 is 4.74 Å². The van der Waals surface area contributed by atoms with Gasteiger partial charge in [-0.15, -0.1) is 11.3 Å². The van der Waals surface area contributed by atoms with E-state index in [2.05, 4.69) is 0 Å². The summed E-state index contributed by atoms with van der Waals surface area (Å²) in [7, 11) is 0. The Morgan fingerprint density at radius 2 is 2.00 bits per heavy atom. The lowest BCUT2D eigenvalue weighted by Crippen LogP contribution is -2.23. The number of carbonyl (C=O) groups is 1. The number of ether oxygens (including phenoxy) is 1. The van der Waals surface area contributed by atoms with Crippen LogP contribution >= 0.6 is 11.3 Å². The lowest BCUT2D eigenvalue weighted by molar-refractivity contribution is 0.00697. The molecule has 0 saturated carbocycles. The minimum atomic E-state index is -0.444. The molecule has 0 aliphatic heterocycles. The van der Waals surface area contributed by atoms with Crippen molar-refractivity contribution >= 4 is 27.4 Å². The number of esters is 1. The molecule has 0 amide bonds. The third-order valence-electron chi connectivity index (χ3n) is 2.09. The second kappa shape index (κ2) is 3.91. The van der Waals surface area contributed by atoms with Crippen LogP contribution < -0.4 is 0 Å². The first kappa shape index (κ1) is 11.1. The normalized spacial score (nSPS) is 11.7. The third kappa shape index (κ3) is 2.42. The van der Waals surface area contributed by atoms with Crippen LogP contribution in [0.3, 0.4) is 0 Å². The highest BCUT2D eigenvalue weighted by atomic mass is 32.1. The van der Waals surface area contributed by atoms with Gasteiger partial charge in [-0.05, 0) is 55.8 Å². The minimum Gasteiger partial charge on any atom is -0.456 e. The van der Waals surface area contributed by atoms with Gasteiger partial charge in [0.05, 0.1) is 5.56 Å². The summed E-state index contributed by atoms with van der Waals surface area (Å²) in [5.74, 6) is -0.263. The maximum absolute atomic E-state index is 11.8. The van der Waals surface area contributed by atoms with Gasteiger partial charge in [0.25, 0.3) is 0 Å². The zero-order chi connectivity index (χ0) is 11.8. The molecular weight excluding hydrogens is 220 g/mol. The molecule has 2 nitrogen and oxygen atoms in total. The number of rotatable bonds is 1. The molecule has 1 heterocycles. The van der Waals surface area contributed by atoms with Crippen molar-refractivity contribution in [3.05, 3.63) is 35.2 Å². The van der Waals surface area contributed by atoms with Gasteiger partial charge in [-0.1, -0.05) is 0 Å². The number of fused-ring (bicyclic) bond motifs is 1. The molecule has 1 aromatic heterocycles. The maximum atomic E-state index is 11.8. The summed E-state index contributed by atoms with van der Waals surface area (Å²) >= 11 is 1.67. The highest BCUT2D eigenvalue weighted by molar-refractivity contribution is 7.17. The average molecular weight is 234 g/mol. The van der Waals surface area contributed by atoms with Gasteiger partial charge >= 0.3 is 5.97 Å². The van der Waals surface area contributed by atoms with E-state index in [4.69, 9.17) is 4.74 Å². The van der Waals surface area contributed by atoms with Crippen molar-refractivity contribution in [2.75, 3.05) is 0 Å². The van der Waals surface area contributed by atoms with Crippen LogP contribution in [-0.4, -0.2) is 11.6 Å². The van der Waals surface area contributed by atoms with Crippen molar-refractivity contribution < 1.29 is 9.53 Å². The van der Waals surface area contributed by atoms with Gasteiger partial charge in [0, 0.05) is 4.70 Å². The molecule has 0 atom stereocenters. The number of benzene rings is 1. The van der Waals surface area contributed by atoms with Crippen LogP contribution in [0.2, 0.25) is 0 Å². The second-order valence-electron chi connectivity index (χ2n) is 4.68.